The van der Waals surface area contributed by atoms with Crippen molar-refractivity contribution in [3.63, 3.8) is 0 Å². The number of benzene rings is 1. The van der Waals surface area contributed by atoms with Crippen LogP contribution in [-0.4, -0.2) is 7.11 Å². The third-order valence-corrected chi connectivity index (χ3v) is 1.94. The molecular weight excluding hydrogens is 211 g/mol. The molecule has 0 aliphatic carbocycles. The standard InChI is InChI=1S/C8H8BrFO/c1-11-5-6-3-2-4-7(9)8(6)10/h2-4H,5H2,1H3. The van der Waals surface area contributed by atoms with Crippen LogP contribution in [0.1, 0.15) is 5.56 Å². The van der Waals surface area contributed by atoms with Crippen molar-refractivity contribution < 1.29 is 9.13 Å². The van der Waals surface area contributed by atoms with E-state index in [1.807, 2.05) is 0 Å². The molecule has 1 rings (SSSR count). The van der Waals surface area contributed by atoms with Gasteiger partial charge in [0.2, 0.25) is 0 Å². The Morgan fingerprint density at radius 1 is 1.55 bits per heavy atom. The number of rotatable bonds is 2. The van der Waals surface area contributed by atoms with Crippen LogP contribution in [0.4, 0.5) is 4.39 Å². The second kappa shape index (κ2) is 3.83. The van der Waals surface area contributed by atoms with Crippen molar-refractivity contribution in [1.82, 2.24) is 0 Å². The minimum Gasteiger partial charge on any atom is -0.380 e. The molecule has 0 aromatic heterocycles. The molecule has 1 aromatic rings. The highest BCUT2D eigenvalue weighted by molar-refractivity contribution is 9.10. The summed E-state index contributed by atoms with van der Waals surface area (Å²) in [5.74, 6) is -0.241. The predicted octanol–water partition coefficient (Wildman–Crippen LogP) is 2.73. The van der Waals surface area contributed by atoms with Crippen LogP contribution < -0.4 is 0 Å². The van der Waals surface area contributed by atoms with E-state index in [1.165, 1.54) is 0 Å². The molecular formula is C8H8BrFO. The van der Waals surface area contributed by atoms with E-state index < -0.39 is 0 Å². The van der Waals surface area contributed by atoms with Gasteiger partial charge >= 0.3 is 0 Å². The van der Waals surface area contributed by atoms with E-state index in [2.05, 4.69) is 15.9 Å². The van der Waals surface area contributed by atoms with Crippen molar-refractivity contribution in [1.29, 1.82) is 0 Å². The molecule has 60 valence electrons. The fraction of sp³-hybridized carbons (Fsp3) is 0.250. The van der Waals surface area contributed by atoms with Gasteiger partial charge in [0.25, 0.3) is 0 Å². The van der Waals surface area contributed by atoms with Crippen LogP contribution in [0.2, 0.25) is 0 Å². The summed E-state index contributed by atoms with van der Waals surface area (Å²) in [6.07, 6.45) is 0. The quantitative estimate of drug-likeness (QED) is 0.742. The maximum absolute atomic E-state index is 13.1. The van der Waals surface area contributed by atoms with Gasteiger partial charge in [-0.3, -0.25) is 0 Å². The topological polar surface area (TPSA) is 9.23 Å². The number of halogens is 2. The van der Waals surface area contributed by atoms with E-state index in [0.29, 0.717) is 16.6 Å². The van der Waals surface area contributed by atoms with Crippen molar-refractivity contribution in [3.8, 4) is 0 Å². The third-order valence-electron chi connectivity index (χ3n) is 1.33. The van der Waals surface area contributed by atoms with Gasteiger partial charge in [-0.15, -0.1) is 0 Å². The number of ether oxygens (including phenoxy) is 1. The highest BCUT2D eigenvalue weighted by Gasteiger charge is 2.03. The summed E-state index contributed by atoms with van der Waals surface area (Å²) in [6, 6.07) is 5.14. The first kappa shape index (κ1) is 8.68. The highest BCUT2D eigenvalue weighted by atomic mass is 79.9. The molecule has 0 radical (unpaired) electrons. The summed E-state index contributed by atoms with van der Waals surface area (Å²) in [7, 11) is 1.54. The van der Waals surface area contributed by atoms with Crippen LogP contribution in [0, 0.1) is 5.82 Å². The summed E-state index contributed by atoms with van der Waals surface area (Å²) in [6.45, 7) is 0.311. The maximum atomic E-state index is 13.1. The Balaban J connectivity index is 2.96. The second-order valence-corrected chi connectivity index (χ2v) is 3.00. The van der Waals surface area contributed by atoms with E-state index in [4.69, 9.17) is 4.74 Å². The molecule has 0 saturated heterocycles. The first-order valence-corrected chi connectivity index (χ1v) is 3.97. The molecule has 1 aromatic carbocycles. The van der Waals surface area contributed by atoms with Gasteiger partial charge in [0.05, 0.1) is 11.1 Å². The van der Waals surface area contributed by atoms with Crippen molar-refractivity contribution in [2.75, 3.05) is 7.11 Å². The average molecular weight is 219 g/mol. The predicted molar refractivity (Wildman–Crippen MR) is 44.8 cm³/mol. The van der Waals surface area contributed by atoms with Gasteiger partial charge < -0.3 is 4.74 Å². The summed E-state index contributed by atoms with van der Waals surface area (Å²) < 4.78 is 18.3. The molecule has 0 heterocycles. The number of methoxy groups -OCH3 is 1. The third kappa shape index (κ3) is 2.01. The van der Waals surface area contributed by atoms with Crippen molar-refractivity contribution in [2.45, 2.75) is 6.61 Å². The SMILES string of the molecule is COCc1cccc(Br)c1F. The van der Waals surface area contributed by atoms with Crippen LogP contribution in [0.3, 0.4) is 0 Å². The average Bonchev–Trinajstić information content (AvgIpc) is 1.99. The van der Waals surface area contributed by atoms with Gasteiger partial charge in [0.15, 0.2) is 0 Å². The van der Waals surface area contributed by atoms with Crippen LogP contribution >= 0.6 is 15.9 Å². The van der Waals surface area contributed by atoms with Gasteiger partial charge in [0.1, 0.15) is 5.82 Å². The Bertz CT molecular complexity index is 250. The lowest BCUT2D eigenvalue weighted by molar-refractivity contribution is 0.181. The summed E-state index contributed by atoms with van der Waals surface area (Å²) in [5, 5.41) is 0. The summed E-state index contributed by atoms with van der Waals surface area (Å²) in [4.78, 5) is 0. The van der Waals surface area contributed by atoms with E-state index >= 15 is 0 Å². The maximum Gasteiger partial charge on any atom is 0.142 e. The molecule has 0 amide bonds. The van der Waals surface area contributed by atoms with Crippen LogP contribution in [0.15, 0.2) is 22.7 Å². The Hall–Kier alpha value is -0.410. The smallest absolute Gasteiger partial charge is 0.142 e. The molecule has 11 heavy (non-hydrogen) atoms. The van der Waals surface area contributed by atoms with Crippen LogP contribution in [0.5, 0.6) is 0 Å². The van der Waals surface area contributed by atoms with Crippen LogP contribution in [-0.2, 0) is 11.3 Å². The van der Waals surface area contributed by atoms with Crippen molar-refractivity contribution in [3.05, 3.63) is 34.1 Å². The molecule has 0 spiro atoms. The van der Waals surface area contributed by atoms with E-state index in [1.54, 1.807) is 25.3 Å². The van der Waals surface area contributed by atoms with Gasteiger partial charge in [0, 0.05) is 12.7 Å². The fourth-order valence-corrected chi connectivity index (χ4v) is 1.22. The second-order valence-electron chi connectivity index (χ2n) is 2.15. The molecule has 0 N–H and O–H groups in total. The number of hydrogen-bond acceptors (Lipinski definition) is 1. The lowest BCUT2D eigenvalue weighted by atomic mass is 10.2. The lowest BCUT2D eigenvalue weighted by Crippen LogP contribution is -1.92. The molecule has 3 heteroatoms. The van der Waals surface area contributed by atoms with Crippen molar-refractivity contribution >= 4 is 15.9 Å². The van der Waals surface area contributed by atoms with E-state index in [9.17, 15) is 4.39 Å². The summed E-state index contributed by atoms with van der Waals surface area (Å²) >= 11 is 3.09. The normalized spacial score (nSPS) is 10.1. The molecule has 0 aliphatic rings. The van der Waals surface area contributed by atoms with E-state index in [0.717, 1.165) is 0 Å². The van der Waals surface area contributed by atoms with Gasteiger partial charge in [-0.25, -0.2) is 4.39 Å². The Labute approximate surface area is 73.3 Å². The highest BCUT2D eigenvalue weighted by Crippen LogP contribution is 2.18. The van der Waals surface area contributed by atoms with Gasteiger partial charge in [-0.1, -0.05) is 12.1 Å². The molecule has 0 bridgehead atoms. The van der Waals surface area contributed by atoms with Gasteiger partial charge in [-0.05, 0) is 22.0 Å². The fourth-order valence-electron chi connectivity index (χ4n) is 0.815. The minimum atomic E-state index is -0.241. The molecule has 1 nitrogen and oxygen atoms in total. The minimum absolute atomic E-state index is 0.241. The Kier molecular flexibility index (Phi) is 3.02. The lowest BCUT2D eigenvalue weighted by Gasteiger charge is -2.01. The molecule has 0 aliphatic heterocycles. The summed E-state index contributed by atoms with van der Waals surface area (Å²) in [5.41, 5.74) is 0.571. The first-order chi connectivity index (χ1) is 5.25. The van der Waals surface area contributed by atoms with E-state index in [-0.39, 0.29) is 5.82 Å². The molecule has 0 saturated carbocycles. The van der Waals surface area contributed by atoms with Crippen LogP contribution in [0.25, 0.3) is 0 Å². The first-order valence-electron chi connectivity index (χ1n) is 3.17. The Morgan fingerprint density at radius 2 is 2.27 bits per heavy atom. The zero-order valence-corrected chi connectivity index (χ0v) is 7.69. The Morgan fingerprint density at radius 3 is 2.91 bits per heavy atom. The zero-order valence-electron chi connectivity index (χ0n) is 6.10. The largest absolute Gasteiger partial charge is 0.380 e. The van der Waals surface area contributed by atoms with Gasteiger partial charge in [-0.2, -0.15) is 0 Å². The number of hydrogen-bond donors (Lipinski definition) is 0. The molecule has 0 unspecified atom stereocenters. The van der Waals surface area contributed by atoms with Crippen molar-refractivity contribution in [2.24, 2.45) is 0 Å². The molecule has 0 atom stereocenters. The molecule has 0 fully saturated rings. The zero-order chi connectivity index (χ0) is 8.27. The monoisotopic (exact) mass is 218 g/mol.